The first kappa shape index (κ1) is 48.3. The van der Waals surface area contributed by atoms with Gasteiger partial charge in [-0.15, -0.1) is 0 Å². The second kappa shape index (κ2) is 25.3. The maximum absolute atomic E-state index is 6.29. The van der Waals surface area contributed by atoms with Crippen molar-refractivity contribution < 1.29 is 9.47 Å². The van der Waals surface area contributed by atoms with Crippen LogP contribution in [0.5, 0.6) is 11.5 Å². The zero-order valence-corrected chi connectivity index (χ0v) is 39.5. The lowest BCUT2D eigenvalue weighted by molar-refractivity contribution is 0.291. The number of ether oxygens (including phenoxy) is 2. The highest BCUT2D eigenvalue weighted by Crippen LogP contribution is 2.31. The Balaban J connectivity index is 0.000000184. The highest BCUT2D eigenvalue weighted by Gasteiger charge is 2.21. The molecule has 0 bridgehead atoms. The van der Waals surface area contributed by atoms with E-state index in [2.05, 4.69) is 75.3 Å². The number of likely N-dealkylation sites (N-methyl/N-ethyl adjacent to an activating group) is 2. The Bertz CT molecular complexity index is 1990. The molecule has 8 rings (SSSR count). The Kier molecular flexibility index (Phi) is 19.4. The topological polar surface area (TPSA) is 166 Å². The van der Waals surface area contributed by atoms with Crippen LogP contribution in [0.15, 0.2) is 36.4 Å². The standard InChI is InChI=1S/C22H32ClN7O.C17H21Cl2N5O.C5H12N2/c1-29-11-13-30(14-12-29)22-27-20(24-16-7-5-3-4-6-8-16)26-21(28-22)25-17-9-10-19(31-2)18(23)15-17;1-25-14-9-8-12(10-13(14)18)21-17-23-15(19)22-16(24-17)20-11-6-4-2-3-5-7-11;1-7-4-2-6-3-5-7/h9-10,15-16H,3-8,11-14H2,1-2H3,(H2,24,25,26,27,28);8-11H,2-7H2,1H3,(H2,20,21,22,23,24);6H,2-5H2,1H3. The van der Waals surface area contributed by atoms with Crippen molar-refractivity contribution in [2.75, 3.05) is 107 Å². The van der Waals surface area contributed by atoms with Crippen molar-refractivity contribution in [3.8, 4) is 11.5 Å². The molecule has 2 aliphatic heterocycles. The first-order valence-corrected chi connectivity index (χ1v) is 23.5. The summed E-state index contributed by atoms with van der Waals surface area (Å²) in [5, 5.41) is 17.8. The van der Waals surface area contributed by atoms with Gasteiger partial charge in [-0.05, 0) is 87.8 Å². The zero-order chi connectivity index (χ0) is 44.4. The Morgan fingerprint density at radius 3 is 1.41 bits per heavy atom. The highest BCUT2D eigenvalue weighted by atomic mass is 35.5. The number of anilines is 7. The van der Waals surface area contributed by atoms with Gasteiger partial charge in [-0.1, -0.05) is 74.6 Å². The monoisotopic (exact) mass is 926 g/mol. The Morgan fingerprint density at radius 2 is 0.968 bits per heavy atom. The number of benzene rings is 2. The predicted octanol–water partition coefficient (Wildman–Crippen LogP) is 8.75. The van der Waals surface area contributed by atoms with Gasteiger partial charge in [0.2, 0.25) is 35.0 Å². The molecular formula is C44H65Cl3N14O2. The Hall–Kier alpha value is -4.19. The van der Waals surface area contributed by atoms with E-state index in [1.54, 1.807) is 26.4 Å². The minimum atomic E-state index is 0.147. The third-order valence-electron chi connectivity index (χ3n) is 11.6. The summed E-state index contributed by atoms with van der Waals surface area (Å²) in [5.74, 6) is 3.97. The van der Waals surface area contributed by atoms with Crippen molar-refractivity contribution in [1.82, 2.24) is 45.0 Å². The minimum Gasteiger partial charge on any atom is -0.495 e. The van der Waals surface area contributed by atoms with Gasteiger partial charge >= 0.3 is 0 Å². The summed E-state index contributed by atoms with van der Waals surface area (Å²) in [5.41, 5.74) is 1.55. The molecule has 16 nitrogen and oxygen atoms in total. The minimum absolute atomic E-state index is 0.147. The van der Waals surface area contributed by atoms with Crippen LogP contribution in [0, 0.1) is 0 Å². The van der Waals surface area contributed by atoms with Crippen LogP contribution in [-0.4, -0.2) is 132 Å². The van der Waals surface area contributed by atoms with Gasteiger partial charge in [0.25, 0.3) is 0 Å². The first-order chi connectivity index (χ1) is 30.6. The smallest absolute Gasteiger partial charge is 0.233 e. The molecule has 2 aromatic heterocycles. The second-order valence-electron chi connectivity index (χ2n) is 16.5. The molecule has 2 saturated heterocycles. The number of aromatic nitrogens is 6. The molecule has 2 saturated carbocycles. The number of piperazine rings is 2. The largest absolute Gasteiger partial charge is 0.495 e. The molecule has 4 heterocycles. The number of nitrogens with zero attached hydrogens (tertiary/aromatic N) is 9. The average Bonchev–Trinajstić information content (AvgIpc) is 3.70. The van der Waals surface area contributed by atoms with Crippen molar-refractivity contribution in [2.24, 2.45) is 0 Å². The SMILES string of the molecule is CN1CCNCC1.COc1ccc(Nc2nc(Cl)nc(NC3CCCCCC3)n2)cc1Cl.COc1ccc(Nc2nc(NC3CCCCCC3)nc(N3CCN(C)CC3)n2)cc1Cl. The van der Waals surface area contributed by atoms with Crippen molar-refractivity contribution in [3.05, 3.63) is 51.7 Å². The van der Waals surface area contributed by atoms with Gasteiger partial charge in [0.05, 0.1) is 24.3 Å². The first-order valence-electron chi connectivity index (χ1n) is 22.4. The van der Waals surface area contributed by atoms with Crippen LogP contribution in [0.3, 0.4) is 0 Å². The summed E-state index contributed by atoms with van der Waals surface area (Å²) < 4.78 is 10.4. The third kappa shape index (κ3) is 16.1. The molecule has 0 radical (unpaired) electrons. The number of nitrogens with one attached hydrogen (secondary N) is 5. The summed E-state index contributed by atoms with van der Waals surface area (Å²) in [6, 6.07) is 11.7. The van der Waals surface area contributed by atoms with Gasteiger partial charge in [-0.2, -0.15) is 29.9 Å². The van der Waals surface area contributed by atoms with Crippen molar-refractivity contribution in [2.45, 2.75) is 89.1 Å². The zero-order valence-electron chi connectivity index (χ0n) is 37.2. The van der Waals surface area contributed by atoms with E-state index in [4.69, 9.17) is 54.2 Å². The summed E-state index contributed by atoms with van der Waals surface area (Å²) >= 11 is 18.5. The summed E-state index contributed by atoms with van der Waals surface area (Å²) in [4.78, 5) is 33.8. The molecule has 2 aliphatic carbocycles. The quantitative estimate of drug-likeness (QED) is 0.0906. The molecule has 5 N–H and O–H groups in total. The van der Waals surface area contributed by atoms with E-state index in [1.165, 1.54) is 64.5 Å². The molecule has 0 spiro atoms. The molecule has 0 atom stereocenters. The van der Waals surface area contributed by atoms with Crippen molar-refractivity contribution >= 4 is 75.9 Å². The van der Waals surface area contributed by atoms with Crippen LogP contribution in [0.2, 0.25) is 15.3 Å². The van der Waals surface area contributed by atoms with Crippen LogP contribution >= 0.6 is 34.8 Å². The molecule has 344 valence electrons. The molecule has 4 fully saturated rings. The fourth-order valence-electron chi connectivity index (χ4n) is 7.84. The van der Waals surface area contributed by atoms with Crippen LogP contribution < -0.4 is 41.0 Å². The van der Waals surface area contributed by atoms with E-state index < -0.39 is 0 Å². The second-order valence-corrected chi connectivity index (χ2v) is 17.6. The van der Waals surface area contributed by atoms with Crippen LogP contribution in [0.4, 0.5) is 41.1 Å². The average molecular weight is 928 g/mol. The van der Waals surface area contributed by atoms with E-state index >= 15 is 0 Å². The van der Waals surface area contributed by atoms with Crippen LogP contribution in [0.25, 0.3) is 0 Å². The maximum atomic E-state index is 6.29. The lowest BCUT2D eigenvalue weighted by atomic mass is 10.1. The van der Waals surface area contributed by atoms with Gasteiger partial charge < -0.3 is 50.8 Å². The number of rotatable bonds is 11. The van der Waals surface area contributed by atoms with Gasteiger partial charge in [0.1, 0.15) is 11.5 Å². The van der Waals surface area contributed by atoms with E-state index in [9.17, 15) is 0 Å². The number of hydrogen-bond acceptors (Lipinski definition) is 16. The lowest BCUT2D eigenvalue weighted by Crippen LogP contribution is -2.45. The molecule has 63 heavy (non-hydrogen) atoms. The molecule has 2 aromatic carbocycles. The van der Waals surface area contributed by atoms with Gasteiger partial charge in [0.15, 0.2) is 0 Å². The summed E-state index contributed by atoms with van der Waals surface area (Å²) in [6.07, 6.45) is 14.7. The highest BCUT2D eigenvalue weighted by molar-refractivity contribution is 6.32. The van der Waals surface area contributed by atoms with Gasteiger partial charge in [-0.25, -0.2) is 0 Å². The van der Waals surface area contributed by atoms with E-state index in [0.29, 0.717) is 63.4 Å². The number of methoxy groups -OCH3 is 2. The van der Waals surface area contributed by atoms with Gasteiger partial charge in [0, 0.05) is 75.8 Å². The fourth-order valence-corrected chi connectivity index (χ4v) is 8.51. The molecule has 4 aromatic rings. The molecule has 0 unspecified atom stereocenters. The van der Waals surface area contributed by atoms with Crippen molar-refractivity contribution in [1.29, 1.82) is 0 Å². The molecule has 4 aliphatic rings. The summed E-state index contributed by atoms with van der Waals surface area (Å²) in [7, 11) is 7.48. The normalized spacial score (nSPS) is 18.0. The van der Waals surface area contributed by atoms with Gasteiger partial charge in [-0.3, -0.25) is 0 Å². The summed E-state index contributed by atoms with van der Waals surface area (Å²) in [6.45, 7) is 8.53. The van der Waals surface area contributed by atoms with E-state index in [1.807, 2.05) is 24.3 Å². The van der Waals surface area contributed by atoms with E-state index in [-0.39, 0.29) is 5.28 Å². The third-order valence-corrected chi connectivity index (χ3v) is 12.3. The number of hydrogen-bond donors (Lipinski definition) is 5. The number of halogens is 3. The van der Waals surface area contributed by atoms with Crippen LogP contribution in [-0.2, 0) is 0 Å². The molecule has 0 amide bonds. The fraction of sp³-hybridized carbons (Fsp3) is 0.591. The molecule has 19 heteroatoms. The maximum Gasteiger partial charge on any atom is 0.233 e. The molecular weight excluding hydrogens is 863 g/mol. The van der Waals surface area contributed by atoms with Crippen molar-refractivity contribution in [3.63, 3.8) is 0 Å². The van der Waals surface area contributed by atoms with E-state index in [0.717, 1.165) is 76.3 Å². The van der Waals surface area contributed by atoms with Crippen LogP contribution in [0.1, 0.15) is 77.0 Å². The predicted molar refractivity (Wildman–Crippen MR) is 258 cm³/mol. The Morgan fingerprint density at radius 1 is 0.540 bits per heavy atom. The lowest BCUT2D eigenvalue weighted by Gasteiger charge is -2.32. The Labute approximate surface area is 388 Å².